The van der Waals surface area contributed by atoms with Gasteiger partial charge < -0.3 is 10.2 Å². The van der Waals surface area contributed by atoms with E-state index in [1.54, 1.807) is 0 Å². The van der Waals surface area contributed by atoms with E-state index in [2.05, 4.69) is 5.32 Å². The van der Waals surface area contributed by atoms with Crippen molar-refractivity contribution in [3.63, 3.8) is 0 Å². The molecular formula is C16H15Cl4N2O+. The molecule has 23 heavy (non-hydrogen) atoms. The molecule has 2 rings (SSSR count). The third kappa shape index (κ3) is 5.27. The highest BCUT2D eigenvalue weighted by molar-refractivity contribution is 6.42. The lowest BCUT2D eigenvalue weighted by Crippen LogP contribution is -3.08. The Labute approximate surface area is 155 Å². The number of rotatable bonds is 5. The molecule has 0 aliphatic heterocycles. The minimum Gasteiger partial charge on any atom is -0.326 e. The van der Waals surface area contributed by atoms with Gasteiger partial charge in [-0.15, -0.1) is 0 Å². The summed E-state index contributed by atoms with van der Waals surface area (Å²) >= 11 is 24.1. The van der Waals surface area contributed by atoms with Crippen LogP contribution in [0.15, 0.2) is 36.4 Å². The summed E-state index contributed by atoms with van der Waals surface area (Å²) in [7, 11) is 1.91. The van der Waals surface area contributed by atoms with Crippen molar-refractivity contribution in [2.75, 3.05) is 18.9 Å². The number of benzene rings is 2. The molecule has 0 spiro atoms. The molecule has 1 atom stereocenters. The maximum atomic E-state index is 12.2. The van der Waals surface area contributed by atoms with Crippen molar-refractivity contribution in [1.29, 1.82) is 0 Å². The van der Waals surface area contributed by atoms with Crippen molar-refractivity contribution in [2.24, 2.45) is 0 Å². The summed E-state index contributed by atoms with van der Waals surface area (Å²) < 4.78 is 0. The van der Waals surface area contributed by atoms with Gasteiger partial charge in [-0.05, 0) is 18.2 Å². The second-order valence-electron chi connectivity index (χ2n) is 5.19. The number of halogens is 4. The summed E-state index contributed by atoms with van der Waals surface area (Å²) in [5.41, 5.74) is 1.36. The van der Waals surface area contributed by atoms with E-state index in [-0.39, 0.29) is 12.5 Å². The molecule has 0 saturated carbocycles. The largest absolute Gasteiger partial charge is 0.326 e. The Morgan fingerprint density at radius 1 is 1.04 bits per heavy atom. The molecular weight excluding hydrogens is 378 g/mol. The third-order valence-corrected chi connectivity index (χ3v) is 4.37. The second-order valence-corrected chi connectivity index (χ2v) is 6.85. The quantitative estimate of drug-likeness (QED) is 0.793. The van der Waals surface area contributed by atoms with Crippen LogP contribution in [0.2, 0.25) is 20.1 Å². The van der Waals surface area contributed by atoms with Gasteiger partial charge in [0.15, 0.2) is 6.54 Å². The normalized spacial score (nSPS) is 12.0. The molecule has 0 fully saturated rings. The van der Waals surface area contributed by atoms with Crippen LogP contribution < -0.4 is 10.2 Å². The van der Waals surface area contributed by atoms with Crippen LogP contribution in [0.25, 0.3) is 0 Å². The summed E-state index contributed by atoms with van der Waals surface area (Å²) in [5, 5.41) is 4.44. The van der Waals surface area contributed by atoms with E-state index in [1.807, 2.05) is 31.3 Å². The fraction of sp³-hybridized carbons (Fsp3) is 0.188. The van der Waals surface area contributed by atoms with Crippen molar-refractivity contribution in [3.8, 4) is 0 Å². The zero-order chi connectivity index (χ0) is 17.0. The van der Waals surface area contributed by atoms with E-state index in [0.717, 1.165) is 10.5 Å². The maximum Gasteiger partial charge on any atom is 0.279 e. The van der Waals surface area contributed by atoms with Crippen LogP contribution in [0.4, 0.5) is 5.69 Å². The molecule has 0 saturated heterocycles. The summed E-state index contributed by atoms with van der Waals surface area (Å²) in [5.74, 6) is -0.194. The van der Waals surface area contributed by atoms with Crippen molar-refractivity contribution in [1.82, 2.24) is 0 Å². The molecule has 0 aromatic heterocycles. The Morgan fingerprint density at radius 3 is 2.26 bits per heavy atom. The first-order chi connectivity index (χ1) is 10.9. The van der Waals surface area contributed by atoms with Gasteiger partial charge in [-0.25, -0.2) is 0 Å². The standard InChI is InChI=1S/C16H14Cl4N2O/c1-22(8-10-4-2-3-5-12(10)18)9-15(23)21-16-13(19)6-11(17)7-14(16)20/h2-7H,8-9H2,1H3,(H,21,23)/p+1. The van der Waals surface area contributed by atoms with Gasteiger partial charge in [0.25, 0.3) is 5.91 Å². The molecule has 2 aromatic rings. The topological polar surface area (TPSA) is 33.5 Å². The molecule has 122 valence electrons. The van der Waals surface area contributed by atoms with E-state index in [9.17, 15) is 4.79 Å². The van der Waals surface area contributed by atoms with Gasteiger partial charge in [0.2, 0.25) is 0 Å². The highest BCUT2D eigenvalue weighted by Crippen LogP contribution is 2.33. The maximum absolute atomic E-state index is 12.2. The minimum absolute atomic E-state index is 0.194. The van der Waals surface area contributed by atoms with Crippen molar-refractivity contribution < 1.29 is 9.69 Å². The summed E-state index contributed by atoms with van der Waals surface area (Å²) in [6.45, 7) is 0.885. The fourth-order valence-corrected chi connectivity index (χ4v) is 3.26. The van der Waals surface area contributed by atoms with Gasteiger partial charge in [-0.3, -0.25) is 4.79 Å². The third-order valence-electron chi connectivity index (χ3n) is 3.18. The first-order valence-electron chi connectivity index (χ1n) is 6.86. The lowest BCUT2D eigenvalue weighted by Gasteiger charge is -2.15. The summed E-state index contributed by atoms with van der Waals surface area (Å²) in [4.78, 5) is 13.2. The molecule has 2 N–H and O–H groups in total. The number of hydrogen-bond acceptors (Lipinski definition) is 1. The predicted octanol–water partition coefficient (Wildman–Crippen LogP) is 3.95. The van der Waals surface area contributed by atoms with Gasteiger partial charge in [-0.2, -0.15) is 0 Å². The predicted molar refractivity (Wildman–Crippen MR) is 97.0 cm³/mol. The Kier molecular flexibility index (Phi) is 6.57. The van der Waals surface area contributed by atoms with Crippen LogP contribution in [-0.4, -0.2) is 19.5 Å². The SMILES string of the molecule is C[NH+](CC(=O)Nc1c(Cl)cc(Cl)cc1Cl)Cc1ccccc1Cl. The number of nitrogens with one attached hydrogen (secondary N) is 2. The number of carbonyl (C=O) groups is 1. The molecule has 2 aromatic carbocycles. The van der Waals surface area contributed by atoms with Crippen molar-refractivity contribution in [3.05, 3.63) is 62.1 Å². The Balaban J connectivity index is 1.98. The smallest absolute Gasteiger partial charge is 0.279 e. The number of hydrogen-bond donors (Lipinski definition) is 2. The minimum atomic E-state index is -0.194. The molecule has 7 heteroatoms. The average Bonchev–Trinajstić information content (AvgIpc) is 2.45. The monoisotopic (exact) mass is 391 g/mol. The fourth-order valence-electron chi connectivity index (χ4n) is 2.15. The highest BCUT2D eigenvalue weighted by Gasteiger charge is 2.15. The van der Waals surface area contributed by atoms with E-state index < -0.39 is 0 Å². The van der Waals surface area contributed by atoms with E-state index >= 15 is 0 Å². The van der Waals surface area contributed by atoms with Gasteiger partial charge in [0.05, 0.1) is 22.8 Å². The molecule has 0 aliphatic rings. The lowest BCUT2D eigenvalue weighted by atomic mass is 10.2. The number of amides is 1. The lowest BCUT2D eigenvalue weighted by molar-refractivity contribution is -0.885. The summed E-state index contributed by atoms with van der Waals surface area (Å²) in [6.07, 6.45) is 0. The average molecular weight is 393 g/mol. The van der Waals surface area contributed by atoms with Gasteiger partial charge in [-0.1, -0.05) is 64.6 Å². The van der Waals surface area contributed by atoms with Gasteiger partial charge in [0.1, 0.15) is 6.54 Å². The molecule has 0 bridgehead atoms. The first-order valence-corrected chi connectivity index (χ1v) is 8.37. The first kappa shape index (κ1) is 18.4. The second kappa shape index (κ2) is 8.22. The van der Waals surface area contributed by atoms with Crippen LogP contribution in [0.1, 0.15) is 5.56 Å². The number of anilines is 1. The van der Waals surface area contributed by atoms with E-state index in [4.69, 9.17) is 46.4 Å². The Bertz CT molecular complexity index is 698. The van der Waals surface area contributed by atoms with Crippen LogP contribution in [-0.2, 0) is 11.3 Å². The van der Waals surface area contributed by atoms with Crippen molar-refractivity contribution in [2.45, 2.75) is 6.54 Å². The van der Waals surface area contributed by atoms with E-state index in [0.29, 0.717) is 32.3 Å². The molecule has 3 nitrogen and oxygen atoms in total. The Hall–Kier alpha value is -0.970. The van der Waals surface area contributed by atoms with Crippen molar-refractivity contribution >= 4 is 58.0 Å². The van der Waals surface area contributed by atoms with Crippen LogP contribution in [0.5, 0.6) is 0 Å². The Morgan fingerprint density at radius 2 is 1.65 bits per heavy atom. The highest BCUT2D eigenvalue weighted by atomic mass is 35.5. The van der Waals surface area contributed by atoms with Crippen LogP contribution >= 0.6 is 46.4 Å². The molecule has 0 heterocycles. The molecule has 0 aliphatic carbocycles. The molecule has 0 radical (unpaired) electrons. The van der Waals surface area contributed by atoms with Gasteiger partial charge >= 0.3 is 0 Å². The zero-order valence-corrected chi connectivity index (χ0v) is 15.3. The number of likely N-dealkylation sites (N-methyl/N-ethyl adjacent to an activating group) is 1. The van der Waals surface area contributed by atoms with Crippen LogP contribution in [0, 0.1) is 0 Å². The molecule has 1 amide bonds. The number of carbonyl (C=O) groups excluding carboxylic acids is 1. The van der Waals surface area contributed by atoms with E-state index in [1.165, 1.54) is 12.1 Å². The number of quaternary nitrogens is 1. The molecule has 1 unspecified atom stereocenters. The summed E-state index contributed by atoms with van der Waals surface area (Å²) in [6, 6.07) is 10.6. The zero-order valence-electron chi connectivity index (χ0n) is 12.3. The van der Waals surface area contributed by atoms with Gasteiger partial charge in [0, 0.05) is 15.6 Å². The van der Waals surface area contributed by atoms with Crippen LogP contribution in [0.3, 0.4) is 0 Å².